The summed E-state index contributed by atoms with van der Waals surface area (Å²) in [6.07, 6.45) is -1.38. The third-order valence-electron chi connectivity index (χ3n) is 8.11. The quantitative estimate of drug-likeness (QED) is 0.174. The average Bonchev–Trinajstić information content (AvgIpc) is 3.43. The zero-order valence-corrected chi connectivity index (χ0v) is 23.1. The van der Waals surface area contributed by atoms with Gasteiger partial charge in [-0.05, 0) is 49.9 Å². The Morgan fingerprint density at radius 3 is 2.47 bits per heavy atom. The predicted molar refractivity (Wildman–Crippen MR) is 145 cm³/mol. The molecule has 2 saturated heterocycles. The molecule has 4 aromatic rings. The van der Waals surface area contributed by atoms with Gasteiger partial charge < -0.3 is 24.0 Å². The van der Waals surface area contributed by atoms with E-state index in [9.17, 15) is 32.3 Å². The summed E-state index contributed by atoms with van der Waals surface area (Å²) in [5.74, 6) is -2.93. The molecule has 0 radical (unpaired) electrons. The van der Waals surface area contributed by atoms with E-state index in [1.54, 1.807) is 0 Å². The number of aromatic carboxylic acids is 1. The number of piperidine rings is 1. The molecule has 1 N–H and O–H groups in total. The van der Waals surface area contributed by atoms with Crippen LogP contribution in [0.3, 0.4) is 0 Å². The van der Waals surface area contributed by atoms with Gasteiger partial charge in [-0.2, -0.15) is 0 Å². The lowest BCUT2D eigenvalue weighted by Gasteiger charge is -2.38. The largest absolute Gasteiger partial charge is 0.573 e. The maximum Gasteiger partial charge on any atom is 0.573 e. The number of anilines is 1. The van der Waals surface area contributed by atoms with Crippen molar-refractivity contribution in [3.8, 4) is 17.0 Å². The molecule has 4 heterocycles. The van der Waals surface area contributed by atoms with Gasteiger partial charge >= 0.3 is 18.3 Å². The molecule has 3 fully saturated rings. The van der Waals surface area contributed by atoms with Gasteiger partial charge in [0.05, 0.1) is 10.3 Å². The Bertz CT molecular complexity index is 1740. The first kappa shape index (κ1) is 27.6. The molecule has 2 aliphatic heterocycles. The van der Waals surface area contributed by atoms with Crippen LogP contribution in [0.2, 0.25) is 0 Å². The number of fused-ring (bicyclic) bond motifs is 3. The van der Waals surface area contributed by atoms with Gasteiger partial charge in [-0.3, -0.25) is 0 Å². The van der Waals surface area contributed by atoms with Crippen LogP contribution in [-0.4, -0.2) is 51.7 Å². The fraction of sp³-hybridized carbons (Fsp3) is 0.379. The highest BCUT2D eigenvalue weighted by Gasteiger charge is 2.45. The standard InChI is InChI=1S/C29H23F4N3O6S/c30-19-9-14(26(37)38)10-21-24(19)34-28(43-21)36-15-7-8-16(36)12-17(11-15)40-27(39)22-23(35-42-25(22)13-5-6-13)18-3-1-2-4-20(18)41-29(31,32)33/h1-4,9-10,13,15-17H,5-8,11-12H2,(H,37,38)/t15-,16+,17+. The second-order valence-corrected chi connectivity index (χ2v) is 12.0. The summed E-state index contributed by atoms with van der Waals surface area (Å²) in [5.41, 5.74) is -0.136. The number of carbonyl (C=O) groups is 2. The van der Waals surface area contributed by atoms with Gasteiger partial charge in [0.15, 0.2) is 16.7 Å². The van der Waals surface area contributed by atoms with E-state index in [1.807, 2.05) is 0 Å². The predicted octanol–water partition coefficient (Wildman–Crippen LogP) is 6.92. The Balaban J connectivity index is 1.13. The van der Waals surface area contributed by atoms with Crippen molar-refractivity contribution < 1.29 is 46.3 Å². The number of rotatable bonds is 7. The number of benzene rings is 2. The second kappa shape index (κ2) is 10.2. The van der Waals surface area contributed by atoms with Crippen molar-refractivity contribution in [3.63, 3.8) is 0 Å². The molecular formula is C29H23F4N3O6S. The fourth-order valence-electron chi connectivity index (χ4n) is 6.14. The first-order chi connectivity index (χ1) is 20.6. The third-order valence-corrected chi connectivity index (χ3v) is 9.12. The van der Waals surface area contributed by atoms with Crippen LogP contribution in [0, 0.1) is 5.82 Å². The van der Waals surface area contributed by atoms with Crippen LogP contribution >= 0.6 is 11.3 Å². The minimum absolute atomic E-state index is 0.00591. The van der Waals surface area contributed by atoms with E-state index >= 15 is 0 Å². The monoisotopic (exact) mass is 617 g/mol. The average molecular weight is 618 g/mol. The number of para-hydroxylation sites is 1. The van der Waals surface area contributed by atoms with Gasteiger partial charge in [-0.15, -0.1) is 13.2 Å². The van der Waals surface area contributed by atoms with Crippen molar-refractivity contribution in [1.82, 2.24) is 10.1 Å². The summed E-state index contributed by atoms with van der Waals surface area (Å²) in [7, 11) is 0. The molecule has 0 amide bonds. The van der Waals surface area contributed by atoms with E-state index in [0.717, 1.165) is 37.8 Å². The highest BCUT2D eigenvalue weighted by atomic mass is 32.1. The molecule has 1 saturated carbocycles. The lowest BCUT2D eigenvalue weighted by Crippen LogP contribution is -2.46. The van der Waals surface area contributed by atoms with E-state index in [-0.39, 0.29) is 45.9 Å². The van der Waals surface area contributed by atoms with Crippen molar-refractivity contribution in [2.45, 2.75) is 69.0 Å². The van der Waals surface area contributed by atoms with Crippen molar-refractivity contribution in [2.75, 3.05) is 4.90 Å². The Morgan fingerprint density at radius 1 is 1.07 bits per heavy atom. The van der Waals surface area contributed by atoms with Crippen LogP contribution in [0.5, 0.6) is 5.75 Å². The molecule has 3 atom stereocenters. The zero-order valence-electron chi connectivity index (χ0n) is 22.3. The lowest BCUT2D eigenvalue weighted by molar-refractivity contribution is -0.274. The van der Waals surface area contributed by atoms with Crippen LogP contribution in [0.15, 0.2) is 40.9 Å². The highest BCUT2D eigenvalue weighted by molar-refractivity contribution is 7.22. The molecule has 9 nitrogen and oxygen atoms in total. The number of alkyl halides is 3. The number of carbonyl (C=O) groups excluding carboxylic acids is 1. The molecule has 43 heavy (non-hydrogen) atoms. The molecule has 3 aliphatic rings. The summed E-state index contributed by atoms with van der Waals surface area (Å²) >= 11 is 1.22. The smallest absolute Gasteiger partial charge is 0.478 e. The summed E-state index contributed by atoms with van der Waals surface area (Å²) in [5, 5.41) is 13.8. The first-order valence-corrected chi connectivity index (χ1v) is 14.5. The van der Waals surface area contributed by atoms with E-state index in [2.05, 4.69) is 19.8 Å². The van der Waals surface area contributed by atoms with Gasteiger partial charge in [-0.1, -0.05) is 28.6 Å². The van der Waals surface area contributed by atoms with E-state index in [0.29, 0.717) is 28.4 Å². The van der Waals surface area contributed by atoms with Crippen molar-refractivity contribution in [1.29, 1.82) is 0 Å². The van der Waals surface area contributed by atoms with Gasteiger partial charge in [0, 0.05) is 36.4 Å². The Labute approximate surface area is 245 Å². The Kier molecular flexibility index (Phi) is 6.56. The number of aromatic nitrogens is 2. The number of hydrogen-bond donors (Lipinski definition) is 1. The lowest BCUT2D eigenvalue weighted by atomic mass is 9.99. The van der Waals surface area contributed by atoms with Crippen LogP contribution in [0.25, 0.3) is 21.5 Å². The molecule has 224 valence electrons. The van der Waals surface area contributed by atoms with E-state index in [1.165, 1.54) is 35.6 Å². The van der Waals surface area contributed by atoms with Crippen LogP contribution in [-0.2, 0) is 4.74 Å². The van der Waals surface area contributed by atoms with Gasteiger partial charge in [0.1, 0.15) is 28.6 Å². The number of carboxylic acids is 1. The normalized spacial score (nSPS) is 21.8. The number of ether oxygens (including phenoxy) is 2. The van der Waals surface area contributed by atoms with Gasteiger partial charge in [0.25, 0.3) is 0 Å². The maximum atomic E-state index is 14.6. The van der Waals surface area contributed by atoms with Crippen molar-refractivity contribution in [2.24, 2.45) is 0 Å². The SMILES string of the molecule is O=C(O)c1cc(F)c2nc(N3[C@@H]4CC[C@H]3C[C@@H](OC(=O)c3c(-c5ccccc5OC(F)(F)F)noc3C3CC3)C4)sc2c1. The van der Waals surface area contributed by atoms with Crippen LogP contribution in [0.1, 0.15) is 70.9 Å². The molecule has 2 bridgehead atoms. The maximum absolute atomic E-state index is 14.6. The molecule has 2 aromatic heterocycles. The minimum atomic E-state index is -4.94. The molecule has 14 heteroatoms. The van der Waals surface area contributed by atoms with Gasteiger partial charge in [0.2, 0.25) is 0 Å². The molecular weight excluding hydrogens is 594 g/mol. The zero-order chi connectivity index (χ0) is 30.0. The topological polar surface area (TPSA) is 115 Å². The Morgan fingerprint density at radius 2 is 1.79 bits per heavy atom. The number of hydrogen-bond acceptors (Lipinski definition) is 9. The van der Waals surface area contributed by atoms with E-state index < -0.39 is 36.0 Å². The molecule has 0 spiro atoms. The number of thiazole rings is 1. The van der Waals surface area contributed by atoms with Crippen molar-refractivity contribution >= 4 is 38.6 Å². The Hall–Kier alpha value is -4.20. The highest BCUT2D eigenvalue weighted by Crippen LogP contribution is 2.47. The molecule has 7 rings (SSSR count). The number of nitrogens with zero attached hydrogens (tertiary/aromatic N) is 3. The molecule has 0 unspecified atom stereocenters. The molecule has 1 aliphatic carbocycles. The third kappa shape index (κ3) is 5.17. The number of carboxylic acid groups (broad SMARTS) is 1. The van der Waals surface area contributed by atoms with Crippen molar-refractivity contribution in [3.05, 3.63) is 59.1 Å². The summed E-state index contributed by atoms with van der Waals surface area (Å²) < 4.78 is 70.0. The van der Waals surface area contributed by atoms with Crippen LogP contribution in [0.4, 0.5) is 22.7 Å². The van der Waals surface area contributed by atoms with Crippen LogP contribution < -0.4 is 9.64 Å². The summed E-state index contributed by atoms with van der Waals surface area (Å²) in [6, 6.07) is 7.69. The first-order valence-electron chi connectivity index (χ1n) is 13.7. The summed E-state index contributed by atoms with van der Waals surface area (Å²) in [6.45, 7) is 0. The number of halogens is 4. The van der Waals surface area contributed by atoms with Gasteiger partial charge in [-0.25, -0.2) is 19.0 Å². The molecule has 2 aromatic carbocycles. The van der Waals surface area contributed by atoms with E-state index in [4.69, 9.17) is 9.26 Å². The second-order valence-electron chi connectivity index (χ2n) is 11.0. The minimum Gasteiger partial charge on any atom is -0.478 e. The fourth-order valence-corrected chi connectivity index (χ4v) is 7.30. The summed E-state index contributed by atoms with van der Waals surface area (Å²) in [4.78, 5) is 31.6. The number of esters is 1.